The molecule has 23 heavy (non-hydrogen) atoms. The third-order valence-corrected chi connectivity index (χ3v) is 4.31. The summed E-state index contributed by atoms with van der Waals surface area (Å²) in [6, 6.07) is 8.40. The van der Waals surface area contributed by atoms with Crippen molar-refractivity contribution in [2.75, 3.05) is 6.54 Å². The Bertz CT molecular complexity index is 532. The van der Waals surface area contributed by atoms with E-state index >= 15 is 0 Å². The van der Waals surface area contributed by atoms with Crippen LogP contribution < -0.4 is 5.32 Å². The Morgan fingerprint density at radius 3 is 2.09 bits per heavy atom. The minimum Gasteiger partial charge on any atom is -0.481 e. The molecule has 1 unspecified atom stereocenters. The lowest BCUT2D eigenvalue weighted by Gasteiger charge is -2.19. The highest BCUT2D eigenvalue weighted by atomic mass is 16.4. The number of nitrogens with one attached hydrogen (secondary N) is 1. The molecule has 0 saturated carbocycles. The zero-order valence-corrected chi connectivity index (χ0v) is 14.8. The second-order valence-electron chi connectivity index (χ2n) is 7.22. The van der Waals surface area contributed by atoms with E-state index in [-0.39, 0.29) is 11.8 Å². The van der Waals surface area contributed by atoms with Crippen LogP contribution in [0.4, 0.5) is 0 Å². The summed E-state index contributed by atoms with van der Waals surface area (Å²) < 4.78 is 0. The van der Waals surface area contributed by atoms with E-state index in [0.29, 0.717) is 25.3 Å². The predicted octanol–water partition coefficient (Wildman–Crippen LogP) is 3.92. The van der Waals surface area contributed by atoms with Gasteiger partial charge in [0.15, 0.2) is 0 Å². The summed E-state index contributed by atoms with van der Waals surface area (Å²) in [7, 11) is 0. The first-order valence-corrected chi connectivity index (χ1v) is 8.23. The third-order valence-electron chi connectivity index (χ3n) is 4.31. The zero-order valence-electron chi connectivity index (χ0n) is 14.8. The minimum atomic E-state index is -0.842. The molecule has 1 amide bonds. The Balaban J connectivity index is 2.46. The van der Waals surface area contributed by atoms with Gasteiger partial charge in [0.2, 0.25) is 5.91 Å². The minimum absolute atomic E-state index is 0.0355. The number of aliphatic carboxylic acids is 1. The number of carbonyl (C=O) groups excluding carboxylic acids is 1. The first-order chi connectivity index (χ1) is 10.6. The molecule has 4 nitrogen and oxygen atoms in total. The summed E-state index contributed by atoms with van der Waals surface area (Å²) in [6.07, 6.45) is 0.833. The summed E-state index contributed by atoms with van der Waals surface area (Å²) in [4.78, 5) is 23.0. The quantitative estimate of drug-likeness (QED) is 0.763. The summed E-state index contributed by atoms with van der Waals surface area (Å²) >= 11 is 0. The van der Waals surface area contributed by atoms with Gasteiger partial charge in [-0.25, -0.2) is 0 Å². The maximum Gasteiger partial charge on any atom is 0.309 e. The summed E-state index contributed by atoms with van der Waals surface area (Å²) in [5.74, 6) is -0.235. The van der Waals surface area contributed by atoms with Crippen molar-refractivity contribution in [3.05, 3.63) is 35.4 Å². The maximum absolute atomic E-state index is 12.0. The monoisotopic (exact) mass is 319 g/mol. The van der Waals surface area contributed by atoms with Crippen molar-refractivity contribution >= 4 is 11.9 Å². The van der Waals surface area contributed by atoms with Gasteiger partial charge in [0.05, 0.1) is 5.41 Å². The fraction of sp³-hybridized carbons (Fsp3) is 0.579. The molecule has 4 heteroatoms. The van der Waals surface area contributed by atoms with Crippen molar-refractivity contribution in [3.63, 3.8) is 0 Å². The molecule has 1 aromatic rings. The van der Waals surface area contributed by atoms with E-state index in [1.807, 2.05) is 6.92 Å². The molecule has 0 fully saturated rings. The van der Waals surface area contributed by atoms with Crippen molar-refractivity contribution in [2.45, 2.75) is 59.3 Å². The highest BCUT2D eigenvalue weighted by Gasteiger charge is 2.26. The number of benzene rings is 1. The van der Waals surface area contributed by atoms with Crippen LogP contribution in [0, 0.1) is 5.41 Å². The molecular formula is C19H29NO3. The maximum atomic E-state index is 12.0. The fourth-order valence-electron chi connectivity index (χ4n) is 2.30. The Hall–Kier alpha value is -1.84. The molecule has 1 aromatic carbocycles. The second kappa shape index (κ2) is 8.14. The molecule has 0 spiro atoms. The van der Waals surface area contributed by atoms with Crippen molar-refractivity contribution in [1.82, 2.24) is 5.32 Å². The molecule has 0 heterocycles. The van der Waals surface area contributed by atoms with Crippen molar-refractivity contribution in [2.24, 2.45) is 5.41 Å². The lowest BCUT2D eigenvalue weighted by Crippen LogP contribution is -2.32. The number of amides is 1. The molecule has 1 atom stereocenters. The highest BCUT2D eigenvalue weighted by Crippen LogP contribution is 2.22. The van der Waals surface area contributed by atoms with Crippen LogP contribution in [0.1, 0.15) is 70.4 Å². The van der Waals surface area contributed by atoms with E-state index in [2.05, 4.69) is 43.4 Å². The highest BCUT2D eigenvalue weighted by molar-refractivity contribution is 5.77. The number of rotatable bonds is 8. The molecule has 0 saturated heterocycles. The molecule has 0 aliphatic rings. The molecule has 0 aromatic heterocycles. The van der Waals surface area contributed by atoms with Gasteiger partial charge in [0, 0.05) is 13.0 Å². The first kappa shape index (κ1) is 19.2. The van der Waals surface area contributed by atoms with E-state index in [9.17, 15) is 9.59 Å². The van der Waals surface area contributed by atoms with Crippen LogP contribution in [0.5, 0.6) is 0 Å². The molecule has 0 aliphatic carbocycles. The average Bonchev–Trinajstić information content (AvgIpc) is 2.46. The van der Waals surface area contributed by atoms with E-state index in [0.717, 1.165) is 5.56 Å². The van der Waals surface area contributed by atoms with Crippen LogP contribution in [-0.4, -0.2) is 23.5 Å². The summed E-state index contributed by atoms with van der Waals surface area (Å²) in [6.45, 7) is 10.1. The second-order valence-corrected chi connectivity index (χ2v) is 7.22. The molecular weight excluding hydrogens is 290 g/mol. The normalized spacial score (nSPS) is 13.0. The third kappa shape index (κ3) is 6.05. The first-order valence-electron chi connectivity index (χ1n) is 8.23. The van der Waals surface area contributed by atoms with Gasteiger partial charge in [-0.05, 0) is 43.2 Å². The van der Waals surface area contributed by atoms with E-state index in [4.69, 9.17) is 5.11 Å². The van der Waals surface area contributed by atoms with Gasteiger partial charge in [-0.15, -0.1) is 0 Å². The number of carboxylic acid groups (broad SMARTS) is 1. The number of hydrogen-bond donors (Lipinski definition) is 2. The summed E-state index contributed by atoms with van der Waals surface area (Å²) in [5.41, 5.74) is 1.63. The molecule has 2 N–H and O–H groups in total. The van der Waals surface area contributed by atoms with E-state index < -0.39 is 11.4 Å². The Morgan fingerprint density at radius 1 is 1.09 bits per heavy atom. The predicted molar refractivity (Wildman–Crippen MR) is 92.6 cm³/mol. The van der Waals surface area contributed by atoms with Crippen LogP contribution in [0.25, 0.3) is 0 Å². The number of hydrogen-bond acceptors (Lipinski definition) is 2. The standard InChI is InChI=1S/C19H29NO3/c1-13(2)15-6-8-16(9-7-15)14(3)12-17(21)20-11-10-19(4,5)18(22)23/h6-9,13-14H,10-12H2,1-5H3,(H,20,21)(H,22,23). The number of carboxylic acids is 1. The topological polar surface area (TPSA) is 66.4 Å². The van der Waals surface area contributed by atoms with E-state index in [1.54, 1.807) is 13.8 Å². The zero-order chi connectivity index (χ0) is 17.6. The molecule has 1 rings (SSSR count). The van der Waals surface area contributed by atoms with Crippen LogP contribution in [0.15, 0.2) is 24.3 Å². The lowest BCUT2D eigenvalue weighted by molar-refractivity contribution is -0.147. The van der Waals surface area contributed by atoms with Crippen LogP contribution >= 0.6 is 0 Å². The van der Waals surface area contributed by atoms with Gasteiger partial charge in [-0.3, -0.25) is 9.59 Å². The van der Waals surface area contributed by atoms with Crippen molar-refractivity contribution < 1.29 is 14.7 Å². The Kier molecular flexibility index (Phi) is 6.79. The van der Waals surface area contributed by atoms with Gasteiger partial charge in [0.1, 0.15) is 0 Å². The lowest BCUT2D eigenvalue weighted by atomic mass is 9.89. The van der Waals surface area contributed by atoms with E-state index in [1.165, 1.54) is 5.56 Å². The fourth-order valence-corrected chi connectivity index (χ4v) is 2.30. The average molecular weight is 319 g/mol. The van der Waals surface area contributed by atoms with Crippen LogP contribution in [0.3, 0.4) is 0 Å². The summed E-state index contributed by atoms with van der Waals surface area (Å²) in [5, 5.41) is 11.9. The Morgan fingerprint density at radius 2 is 1.61 bits per heavy atom. The van der Waals surface area contributed by atoms with Crippen molar-refractivity contribution in [3.8, 4) is 0 Å². The molecule has 128 valence electrons. The smallest absolute Gasteiger partial charge is 0.309 e. The van der Waals surface area contributed by atoms with Crippen molar-refractivity contribution in [1.29, 1.82) is 0 Å². The SMILES string of the molecule is CC(C)c1ccc(C(C)CC(=O)NCCC(C)(C)C(=O)O)cc1. The van der Waals surface area contributed by atoms with Gasteiger partial charge in [-0.1, -0.05) is 45.0 Å². The molecule has 0 radical (unpaired) electrons. The van der Waals surface area contributed by atoms with Gasteiger partial charge >= 0.3 is 5.97 Å². The van der Waals surface area contributed by atoms with Gasteiger partial charge in [0.25, 0.3) is 0 Å². The van der Waals surface area contributed by atoms with Gasteiger partial charge in [-0.2, -0.15) is 0 Å². The van der Waals surface area contributed by atoms with Crippen LogP contribution in [0.2, 0.25) is 0 Å². The molecule has 0 aliphatic heterocycles. The largest absolute Gasteiger partial charge is 0.481 e. The Labute approximate surface area is 139 Å². The van der Waals surface area contributed by atoms with Gasteiger partial charge < -0.3 is 10.4 Å². The van der Waals surface area contributed by atoms with Crippen LogP contribution in [-0.2, 0) is 9.59 Å². The molecule has 0 bridgehead atoms. The number of carbonyl (C=O) groups is 2.